The van der Waals surface area contributed by atoms with Gasteiger partial charge in [0.05, 0.1) is 18.8 Å². The van der Waals surface area contributed by atoms with Gasteiger partial charge in [0.25, 0.3) is 0 Å². The minimum atomic E-state index is -0.889. The Kier molecular flexibility index (Phi) is 11.9. The van der Waals surface area contributed by atoms with Crippen LogP contribution in [0.3, 0.4) is 0 Å². The second-order valence-electron chi connectivity index (χ2n) is 13.5. The smallest absolute Gasteiger partial charge is 0.303 e. The van der Waals surface area contributed by atoms with Gasteiger partial charge in [-0.15, -0.1) is 0 Å². The highest BCUT2D eigenvalue weighted by molar-refractivity contribution is 5.76. The fourth-order valence-corrected chi connectivity index (χ4v) is 7.28. The summed E-state index contributed by atoms with van der Waals surface area (Å²) in [6, 6.07) is 25.1. The van der Waals surface area contributed by atoms with Gasteiger partial charge in [-0.2, -0.15) is 0 Å². The van der Waals surface area contributed by atoms with E-state index in [2.05, 4.69) is 63.6 Å². The molecule has 256 valence electrons. The van der Waals surface area contributed by atoms with Gasteiger partial charge >= 0.3 is 5.97 Å². The van der Waals surface area contributed by atoms with Crippen LogP contribution in [0, 0.1) is 0 Å². The number of hydrogen-bond donors (Lipinski definition) is 3. The summed E-state index contributed by atoms with van der Waals surface area (Å²) in [6.45, 7) is 6.01. The molecule has 3 heterocycles. The Morgan fingerprint density at radius 3 is 2.33 bits per heavy atom. The van der Waals surface area contributed by atoms with Gasteiger partial charge in [0.15, 0.2) is 6.29 Å². The van der Waals surface area contributed by atoms with Crippen molar-refractivity contribution in [2.24, 2.45) is 0 Å². The van der Waals surface area contributed by atoms with Crippen molar-refractivity contribution in [2.75, 3.05) is 32.7 Å². The van der Waals surface area contributed by atoms with E-state index < -0.39 is 12.3 Å². The number of hydrogen-bond acceptors (Lipinski definition) is 7. The van der Waals surface area contributed by atoms with E-state index in [-0.39, 0.29) is 37.6 Å². The first kappa shape index (κ1) is 34.3. The molecule has 6 rings (SSSR count). The lowest BCUT2D eigenvalue weighted by molar-refractivity contribution is -0.253. The van der Waals surface area contributed by atoms with E-state index in [4.69, 9.17) is 14.6 Å². The molecule has 0 saturated carbocycles. The molecule has 3 aromatic rings. The number of carboxylic acid groups (broad SMARTS) is 1. The largest absolute Gasteiger partial charge is 0.481 e. The number of aliphatic hydroxyl groups excluding tert-OH is 1. The fraction of sp³-hybridized carbons (Fsp3) is 0.487. The van der Waals surface area contributed by atoms with Crippen molar-refractivity contribution in [1.29, 1.82) is 0 Å². The Morgan fingerprint density at radius 1 is 0.812 bits per heavy atom. The summed E-state index contributed by atoms with van der Waals surface area (Å²) < 4.78 is 13.4. The van der Waals surface area contributed by atoms with Crippen molar-refractivity contribution in [3.63, 3.8) is 0 Å². The van der Waals surface area contributed by atoms with Gasteiger partial charge in [-0.3, -0.25) is 14.5 Å². The molecule has 3 aliphatic rings. The number of likely N-dealkylation sites (tertiary alicyclic amines) is 2. The number of rotatable bonds is 14. The van der Waals surface area contributed by atoms with Gasteiger partial charge in [-0.1, -0.05) is 66.7 Å². The number of amides is 1. The van der Waals surface area contributed by atoms with Gasteiger partial charge in [0, 0.05) is 50.5 Å². The van der Waals surface area contributed by atoms with E-state index in [1.165, 1.54) is 38.8 Å². The molecule has 0 unspecified atom stereocenters. The third-order valence-electron chi connectivity index (χ3n) is 9.95. The highest BCUT2D eigenvalue weighted by Gasteiger charge is 2.36. The van der Waals surface area contributed by atoms with Crippen LogP contribution in [-0.4, -0.2) is 76.8 Å². The van der Waals surface area contributed by atoms with E-state index in [1.807, 2.05) is 24.3 Å². The highest BCUT2D eigenvalue weighted by Crippen LogP contribution is 2.39. The molecule has 3 saturated heterocycles. The monoisotopic (exact) mass is 655 g/mol. The molecule has 9 heteroatoms. The summed E-state index contributed by atoms with van der Waals surface area (Å²) in [7, 11) is 0. The third kappa shape index (κ3) is 9.30. The van der Waals surface area contributed by atoms with E-state index in [9.17, 15) is 14.7 Å². The molecular weight excluding hydrogens is 606 g/mol. The van der Waals surface area contributed by atoms with Crippen LogP contribution < -0.4 is 5.32 Å². The van der Waals surface area contributed by atoms with Gasteiger partial charge < -0.3 is 29.9 Å². The van der Waals surface area contributed by atoms with Crippen LogP contribution in [0.1, 0.15) is 86.0 Å². The molecule has 3 N–H and O–H groups in total. The number of ether oxygens (including phenoxy) is 2. The van der Waals surface area contributed by atoms with Gasteiger partial charge in [0.1, 0.15) is 0 Å². The first-order valence-corrected chi connectivity index (χ1v) is 17.6. The number of nitrogens with one attached hydrogen (secondary N) is 1. The number of carboxylic acids is 1. The van der Waals surface area contributed by atoms with Crippen LogP contribution in [0.15, 0.2) is 72.8 Å². The maximum atomic E-state index is 12.1. The first-order chi connectivity index (χ1) is 23.4. The highest BCUT2D eigenvalue weighted by atomic mass is 16.7. The summed E-state index contributed by atoms with van der Waals surface area (Å²) in [5.74, 6) is -1.04. The van der Waals surface area contributed by atoms with E-state index in [0.717, 1.165) is 59.4 Å². The molecule has 3 aliphatic heterocycles. The Labute approximate surface area is 283 Å². The Bertz CT molecular complexity index is 1490. The molecule has 3 fully saturated rings. The number of benzene rings is 3. The van der Waals surface area contributed by atoms with Crippen molar-refractivity contribution in [2.45, 2.75) is 89.1 Å². The summed E-state index contributed by atoms with van der Waals surface area (Å²) in [5.41, 5.74) is 6.04. The average molecular weight is 656 g/mol. The van der Waals surface area contributed by atoms with Gasteiger partial charge in [0.2, 0.25) is 5.91 Å². The second kappa shape index (κ2) is 16.7. The predicted molar refractivity (Wildman–Crippen MR) is 184 cm³/mol. The Hall–Kier alpha value is -3.60. The Morgan fingerprint density at radius 2 is 1.58 bits per heavy atom. The predicted octanol–water partition coefficient (Wildman–Crippen LogP) is 5.82. The van der Waals surface area contributed by atoms with Crippen molar-refractivity contribution in [1.82, 2.24) is 15.1 Å². The molecule has 0 bridgehead atoms. The van der Waals surface area contributed by atoms with Crippen molar-refractivity contribution in [3.8, 4) is 11.1 Å². The van der Waals surface area contributed by atoms with Crippen LogP contribution in [0.4, 0.5) is 0 Å². The molecule has 4 atom stereocenters. The maximum Gasteiger partial charge on any atom is 0.303 e. The van der Waals surface area contributed by atoms with Crippen LogP contribution in [0.25, 0.3) is 11.1 Å². The lowest BCUT2D eigenvalue weighted by Crippen LogP contribution is -2.45. The minimum Gasteiger partial charge on any atom is -0.481 e. The number of nitrogens with zero attached hydrogens (tertiary/aromatic N) is 2. The molecule has 3 aromatic carbocycles. The zero-order valence-corrected chi connectivity index (χ0v) is 27.8. The molecular formula is C39H49N3O6. The molecule has 0 aliphatic carbocycles. The van der Waals surface area contributed by atoms with Gasteiger partial charge in [-0.25, -0.2) is 0 Å². The Balaban J connectivity index is 1.13. The molecule has 1 amide bonds. The molecule has 0 spiro atoms. The number of aliphatic hydroxyl groups is 1. The van der Waals surface area contributed by atoms with E-state index >= 15 is 0 Å². The normalized spacial score (nSPS) is 23.4. The van der Waals surface area contributed by atoms with Crippen LogP contribution in [0.2, 0.25) is 0 Å². The van der Waals surface area contributed by atoms with Crippen molar-refractivity contribution in [3.05, 3.63) is 95.1 Å². The first-order valence-electron chi connectivity index (χ1n) is 17.6. The van der Waals surface area contributed by atoms with Gasteiger partial charge in [-0.05, 0) is 85.6 Å². The average Bonchev–Trinajstić information content (AvgIpc) is 3.80. The molecule has 48 heavy (non-hydrogen) atoms. The zero-order chi connectivity index (χ0) is 33.3. The second-order valence-corrected chi connectivity index (χ2v) is 13.5. The number of carbonyl (C=O) groups is 2. The minimum absolute atomic E-state index is 0.00730. The summed E-state index contributed by atoms with van der Waals surface area (Å²) in [5, 5.41) is 21.3. The maximum absolute atomic E-state index is 12.1. The fourth-order valence-electron chi connectivity index (χ4n) is 7.28. The lowest BCUT2D eigenvalue weighted by atomic mass is 9.98. The standard InChI is InChI=1S/C39H49N3O6/c43-27-28-11-13-31(14-12-28)36-23-35(26-42-21-5-8-34(42)25-41-19-1-2-20-41)47-39(48-36)32-17-15-30(16-18-32)33-7-3-6-29(22-33)24-40-37(44)9-4-10-38(45)46/h3,6-7,11-18,22,34-36,39,43H,1-2,4-5,8-10,19-21,23-27H2,(H,40,44)(H,45,46)/t34-,35+,36-,39-/m0/s1. The quantitative estimate of drug-likeness (QED) is 0.199. The van der Waals surface area contributed by atoms with Crippen molar-refractivity contribution >= 4 is 11.9 Å². The van der Waals surface area contributed by atoms with Crippen LogP contribution in [0.5, 0.6) is 0 Å². The number of carbonyl (C=O) groups excluding carboxylic acids is 1. The lowest BCUT2D eigenvalue weighted by Gasteiger charge is -2.39. The van der Waals surface area contributed by atoms with Crippen LogP contribution >= 0.6 is 0 Å². The molecule has 9 nitrogen and oxygen atoms in total. The van der Waals surface area contributed by atoms with E-state index in [0.29, 0.717) is 19.0 Å². The van der Waals surface area contributed by atoms with Crippen LogP contribution in [-0.2, 0) is 32.2 Å². The van der Waals surface area contributed by atoms with Crippen molar-refractivity contribution < 1.29 is 29.3 Å². The SMILES string of the molecule is O=C(O)CCCC(=O)NCc1cccc(-c2ccc([C@H]3O[C@@H](CN4CCC[C@H]4CN4CCCC4)C[C@@H](c4ccc(CO)cc4)O3)cc2)c1. The summed E-state index contributed by atoms with van der Waals surface area (Å²) in [6.07, 6.45) is 5.83. The number of aliphatic carboxylic acids is 1. The summed E-state index contributed by atoms with van der Waals surface area (Å²) >= 11 is 0. The van der Waals surface area contributed by atoms with E-state index in [1.54, 1.807) is 0 Å². The topological polar surface area (TPSA) is 112 Å². The zero-order valence-electron chi connectivity index (χ0n) is 27.8. The summed E-state index contributed by atoms with van der Waals surface area (Å²) in [4.78, 5) is 28.1. The molecule has 0 radical (unpaired) electrons. The third-order valence-corrected chi connectivity index (χ3v) is 9.95. The molecule has 0 aromatic heterocycles.